The number of carbonyl (C=O) groups is 2. The summed E-state index contributed by atoms with van der Waals surface area (Å²) in [5.74, 6) is 0.212. The highest BCUT2D eigenvalue weighted by atomic mass is 32.2. The average molecular weight is 463 g/mol. The zero-order chi connectivity index (χ0) is 23.2. The molecule has 2 heterocycles. The molecule has 168 valence electrons. The third-order valence-electron chi connectivity index (χ3n) is 6.18. The van der Waals surface area contributed by atoms with Crippen LogP contribution in [0.15, 0.2) is 66.7 Å². The van der Waals surface area contributed by atoms with Gasteiger partial charge in [-0.2, -0.15) is 0 Å². The van der Waals surface area contributed by atoms with E-state index in [9.17, 15) is 14.0 Å². The molecule has 5 rings (SSSR count). The molecule has 0 bridgehead atoms. The molecule has 0 N–H and O–H groups in total. The SMILES string of the molecule is COc1cccc(C(=O)N2CCSC23C(=O)N(Cc2ccc(C)cc2)c2ccc(F)cc23)c1. The van der Waals surface area contributed by atoms with Crippen molar-refractivity contribution in [3.63, 3.8) is 0 Å². The van der Waals surface area contributed by atoms with E-state index in [2.05, 4.69) is 0 Å². The summed E-state index contributed by atoms with van der Waals surface area (Å²) in [7, 11) is 1.54. The number of halogens is 1. The number of fused-ring (bicyclic) bond motifs is 2. The Morgan fingerprint density at radius 1 is 1.12 bits per heavy atom. The lowest BCUT2D eigenvalue weighted by atomic mass is 10.0. The number of ether oxygens (including phenoxy) is 1. The maximum Gasteiger partial charge on any atom is 0.268 e. The monoisotopic (exact) mass is 462 g/mol. The number of benzene rings is 3. The first-order chi connectivity index (χ1) is 15.9. The van der Waals surface area contributed by atoms with Crippen molar-refractivity contribution in [2.45, 2.75) is 18.3 Å². The molecule has 1 saturated heterocycles. The van der Waals surface area contributed by atoms with Crippen LogP contribution in [0, 0.1) is 12.7 Å². The van der Waals surface area contributed by atoms with Gasteiger partial charge in [-0.25, -0.2) is 4.39 Å². The zero-order valence-corrected chi connectivity index (χ0v) is 19.2. The van der Waals surface area contributed by atoms with Gasteiger partial charge in [0.05, 0.1) is 19.3 Å². The smallest absolute Gasteiger partial charge is 0.268 e. The van der Waals surface area contributed by atoms with E-state index in [0.717, 1.165) is 11.1 Å². The predicted octanol–water partition coefficient (Wildman–Crippen LogP) is 4.73. The molecule has 33 heavy (non-hydrogen) atoms. The Morgan fingerprint density at radius 2 is 1.91 bits per heavy atom. The number of methoxy groups -OCH3 is 1. The summed E-state index contributed by atoms with van der Waals surface area (Å²) in [5, 5.41) is 0. The normalized spacial score (nSPS) is 19.3. The van der Waals surface area contributed by atoms with E-state index < -0.39 is 10.7 Å². The van der Waals surface area contributed by atoms with Gasteiger partial charge in [-0.1, -0.05) is 35.9 Å². The first kappa shape index (κ1) is 21.5. The molecule has 1 spiro atoms. The lowest BCUT2D eigenvalue weighted by molar-refractivity contribution is -0.123. The van der Waals surface area contributed by atoms with Crippen LogP contribution in [0.2, 0.25) is 0 Å². The maximum atomic E-state index is 14.4. The highest BCUT2D eigenvalue weighted by molar-refractivity contribution is 8.01. The van der Waals surface area contributed by atoms with Gasteiger partial charge >= 0.3 is 0 Å². The lowest BCUT2D eigenvalue weighted by Gasteiger charge is -2.33. The molecule has 0 aliphatic carbocycles. The number of thioether (sulfide) groups is 1. The van der Waals surface area contributed by atoms with E-state index in [-0.39, 0.29) is 11.8 Å². The van der Waals surface area contributed by atoms with E-state index in [1.54, 1.807) is 47.2 Å². The molecule has 1 fully saturated rings. The van der Waals surface area contributed by atoms with Crippen molar-refractivity contribution in [3.05, 3.63) is 94.8 Å². The first-order valence-electron chi connectivity index (χ1n) is 10.7. The second-order valence-electron chi connectivity index (χ2n) is 8.22. The second-order valence-corrected chi connectivity index (χ2v) is 9.51. The van der Waals surface area contributed by atoms with Crippen molar-refractivity contribution in [1.29, 1.82) is 0 Å². The van der Waals surface area contributed by atoms with Crippen LogP contribution in [0.5, 0.6) is 5.75 Å². The molecule has 5 nitrogen and oxygen atoms in total. The van der Waals surface area contributed by atoms with Gasteiger partial charge in [0.2, 0.25) is 0 Å². The number of hydrogen-bond donors (Lipinski definition) is 0. The molecule has 0 aromatic heterocycles. The Hall–Kier alpha value is -3.32. The van der Waals surface area contributed by atoms with Crippen molar-refractivity contribution in [2.75, 3.05) is 24.3 Å². The average Bonchev–Trinajstić information content (AvgIpc) is 3.37. The fourth-order valence-corrected chi connectivity index (χ4v) is 5.98. The molecule has 1 atom stereocenters. The highest BCUT2D eigenvalue weighted by Crippen LogP contribution is 2.55. The first-order valence-corrected chi connectivity index (χ1v) is 11.7. The van der Waals surface area contributed by atoms with Gasteiger partial charge < -0.3 is 14.5 Å². The number of hydrogen-bond acceptors (Lipinski definition) is 4. The standard InChI is InChI=1S/C26H23FN2O3S/c1-17-6-8-18(9-7-17)16-28-23-11-10-20(27)15-22(23)26(25(28)31)29(12-13-33-26)24(30)19-4-3-5-21(14-19)32-2/h3-11,14-15H,12-13,16H2,1-2H3. The third-order valence-corrected chi connectivity index (χ3v) is 7.60. The summed E-state index contributed by atoms with van der Waals surface area (Å²) in [6.07, 6.45) is 0. The molecule has 2 aliphatic heterocycles. The number of carbonyl (C=O) groups excluding carboxylic acids is 2. The number of rotatable bonds is 4. The quantitative estimate of drug-likeness (QED) is 0.563. The van der Waals surface area contributed by atoms with Gasteiger partial charge in [-0.3, -0.25) is 9.59 Å². The number of nitrogens with zero attached hydrogens (tertiary/aromatic N) is 2. The summed E-state index contributed by atoms with van der Waals surface area (Å²) in [6.45, 7) is 2.75. The Labute approximate surface area is 196 Å². The van der Waals surface area contributed by atoms with Gasteiger partial charge in [-0.15, -0.1) is 11.8 Å². The highest BCUT2D eigenvalue weighted by Gasteiger charge is 2.59. The maximum absolute atomic E-state index is 14.4. The van der Waals surface area contributed by atoms with Crippen molar-refractivity contribution in [1.82, 2.24) is 4.90 Å². The molecule has 3 aromatic rings. The second kappa shape index (κ2) is 8.23. The molecule has 2 aliphatic rings. The van der Waals surface area contributed by atoms with Crippen LogP contribution in [0.25, 0.3) is 0 Å². The van der Waals surface area contributed by atoms with Gasteiger partial charge in [0.15, 0.2) is 4.87 Å². The van der Waals surface area contributed by atoms with Gasteiger partial charge in [-0.05, 0) is 48.9 Å². The largest absolute Gasteiger partial charge is 0.497 e. The molecule has 3 aromatic carbocycles. The van der Waals surface area contributed by atoms with E-state index >= 15 is 0 Å². The van der Waals surface area contributed by atoms with Crippen LogP contribution in [-0.4, -0.2) is 36.1 Å². The molecular formula is C26H23FN2O3S. The molecule has 7 heteroatoms. The number of aryl methyl sites for hydroxylation is 1. The van der Waals surface area contributed by atoms with E-state index in [1.807, 2.05) is 31.2 Å². The molecule has 0 saturated carbocycles. The van der Waals surface area contributed by atoms with Crippen LogP contribution < -0.4 is 9.64 Å². The Bertz CT molecular complexity index is 1250. The summed E-state index contributed by atoms with van der Waals surface area (Å²) in [6, 6.07) is 19.2. The van der Waals surface area contributed by atoms with E-state index in [1.165, 1.54) is 23.9 Å². The van der Waals surface area contributed by atoms with Crippen molar-refractivity contribution >= 4 is 29.3 Å². The summed E-state index contributed by atoms with van der Waals surface area (Å²) in [5.41, 5.74) is 3.69. The van der Waals surface area contributed by atoms with Crippen molar-refractivity contribution in [3.8, 4) is 5.75 Å². The molecular weight excluding hydrogens is 439 g/mol. The topological polar surface area (TPSA) is 49.9 Å². The fourth-order valence-electron chi connectivity index (χ4n) is 4.53. The van der Waals surface area contributed by atoms with Crippen LogP contribution in [0.1, 0.15) is 27.0 Å². The summed E-state index contributed by atoms with van der Waals surface area (Å²) in [4.78, 5) is 29.6. The van der Waals surface area contributed by atoms with Gasteiger partial charge in [0.25, 0.3) is 11.8 Å². The Balaban J connectivity index is 1.58. The number of anilines is 1. The van der Waals surface area contributed by atoms with Crippen LogP contribution in [0.4, 0.5) is 10.1 Å². The van der Waals surface area contributed by atoms with Gasteiger partial charge in [0, 0.05) is 23.4 Å². The Morgan fingerprint density at radius 3 is 2.67 bits per heavy atom. The molecule has 2 amide bonds. The molecule has 0 radical (unpaired) electrons. The minimum Gasteiger partial charge on any atom is -0.497 e. The van der Waals surface area contributed by atoms with Crippen molar-refractivity contribution in [2.24, 2.45) is 0 Å². The number of amides is 2. The Kier molecular flexibility index (Phi) is 5.37. The zero-order valence-electron chi connectivity index (χ0n) is 18.4. The lowest BCUT2D eigenvalue weighted by Crippen LogP contribution is -2.50. The van der Waals surface area contributed by atoms with Crippen LogP contribution in [0.3, 0.4) is 0 Å². The van der Waals surface area contributed by atoms with E-state index in [0.29, 0.717) is 41.4 Å². The third kappa shape index (κ3) is 3.47. The minimum absolute atomic E-state index is 0.220. The molecule has 1 unspecified atom stereocenters. The minimum atomic E-state index is -1.29. The summed E-state index contributed by atoms with van der Waals surface area (Å²) < 4.78 is 19.7. The van der Waals surface area contributed by atoms with Crippen molar-refractivity contribution < 1.29 is 18.7 Å². The summed E-state index contributed by atoms with van der Waals surface area (Å²) >= 11 is 1.39. The van der Waals surface area contributed by atoms with Crippen LogP contribution >= 0.6 is 11.8 Å². The van der Waals surface area contributed by atoms with Gasteiger partial charge in [0.1, 0.15) is 11.6 Å². The predicted molar refractivity (Wildman–Crippen MR) is 127 cm³/mol. The van der Waals surface area contributed by atoms with E-state index in [4.69, 9.17) is 4.74 Å². The fraction of sp³-hybridized carbons (Fsp3) is 0.231. The van der Waals surface area contributed by atoms with Crippen LogP contribution in [-0.2, 0) is 16.2 Å².